The van der Waals surface area contributed by atoms with Crippen molar-refractivity contribution in [3.8, 4) is 40.1 Å². The van der Waals surface area contributed by atoms with Crippen molar-refractivity contribution >= 4 is 65.4 Å². The first-order valence-corrected chi connectivity index (χ1v) is 19.2. The minimum atomic E-state index is 0.553. The van der Waals surface area contributed by atoms with Crippen molar-refractivity contribution in [2.75, 3.05) is 0 Å². The van der Waals surface area contributed by atoms with Crippen LogP contribution in [0.4, 0.5) is 0 Å². The van der Waals surface area contributed by atoms with Crippen LogP contribution in [-0.4, -0.2) is 28.7 Å². The van der Waals surface area contributed by atoms with Crippen LogP contribution in [0.3, 0.4) is 0 Å². The Labute approximate surface area is 327 Å². The van der Waals surface area contributed by atoms with E-state index in [1.807, 2.05) is 6.07 Å². The maximum Gasteiger partial charge on any atom is 0.240 e. The Morgan fingerprint density at radius 1 is 0.281 bits per heavy atom. The summed E-state index contributed by atoms with van der Waals surface area (Å²) < 4.78 is 6.80. The van der Waals surface area contributed by atoms with E-state index < -0.39 is 0 Å². The quantitative estimate of drug-likeness (QED) is 0.177. The summed E-state index contributed by atoms with van der Waals surface area (Å²) >= 11 is 0. The Bertz CT molecular complexity index is 3450. The van der Waals surface area contributed by atoms with Crippen LogP contribution in [0.1, 0.15) is 0 Å². The fourth-order valence-corrected chi connectivity index (χ4v) is 8.83. The highest BCUT2D eigenvalue weighted by Crippen LogP contribution is 2.42. The number of rotatable bonds is 5. The molecule has 0 spiro atoms. The number of fused-ring (bicyclic) bond motifs is 10. The fourth-order valence-electron chi connectivity index (χ4n) is 8.83. The highest BCUT2D eigenvalue weighted by Gasteiger charge is 2.24. The highest BCUT2D eigenvalue weighted by molar-refractivity contribution is 6.26. The molecule has 4 aromatic heterocycles. The average Bonchev–Trinajstić information content (AvgIpc) is 3.93. The Morgan fingerprint density at radius 3 is 1.33 bits per heavy atom. The number of hydrogen-bond acceptors (Lipinski definition) is 3. The SMILES string of the molecule is c1ccc(-c2ccc(-c3nc(-n4c5ccccc5c5ccccc54)nc(-n4c5ccccc5c5c4ccc4c6ccccc6n(-c6ccccc6)c45)n3)cc2)cc1. The van der Waals surface area contributed by atoms with Gasteiger partial charge in [-0.1, -0.05) is 152 Å². The van der Waals surface area contributed by atoms with Crippen molar-refractivity contribution in [3.05, 3.63) is 194 Å². The van der Waals surface area contributed by atoms with Crippen molar-refractivity contribution < 1.29 is 0 Å². The molecule has 0 N–H and O–H groups in total. The molecule has 0 saturated carbocycles. The number of aromatic nitrogens is 6. The summed E-state index contributed by atoms with van der Waals surface area (Å²) in [6, 6.07) is 68.4. The Balaban J connectivity index is 1.18. The molecule has 0 aliphatic carbocycles. The molecule has 0 aliphatic heterocycles. The lowest BCUT2D eigenvalue weighted by Crippen LogP contribution is -2.10. The van der Waals surface area contributed by atoms with Crippen LogP contribution in [0, 0.1) is 0 Å². The van der Waals surface area contributed by atoms with Gasteiger partial charge in [-0.25, -0.2) is 0 Å². The van der Waals surface area contributed by atoms with Gasteiger partial charge in [0.05, 0.1) is 33.1 Å². The van der Waals surface area contributed by atoms with E-state index in [0.29, 0.717) is 17.7 Å². The first-order chi connectivity index (χ1) is 28.3. The van der Waals surface area contributed by atoms with Gasteiger partial charge in [-0.2, -0.15) is 15.0 Å². The molecule has 12 rings (SSSR count). The summed E-state index contributed by atoms with van der Waals surface area (Å²) in [6.07, 6.45) is 0. The molecule has 266 valence electrons. The van der Waals surface area contributed by atoms with E-state index in [9.17, 15) is 0 Å². The van der Waals surface area contributed by atoms with Crippen LogP contribution >= 0.6 is 0 Å². The third-order valence-electron chi connectivity index (χ3n) is 11.3. The molecule has 0 bridgehead atoms. The lowest BCUT2D eigenvalue weighted by atomic mass is 10.0. The summed E-state index contributed by atoms with van der Waals surface area (Å²) in [6.45, 7) is 0. The van der Waals surface area contributed by atoms with E-state index in [2.05, 4.69) is 202 Å². The Hall–Kier alpha value is -7.83. The molecule has 4 heterocycles. The molecule has 57 heavy (non-hydrogen) atoms. The van der Waals surface area contributed by atoms with Gasteiger partial charge in [0.15, 0.2) is 5.82 Å². The normalized spacial score (nSPS) is 11.9. The zero-order chi connectivity index (χ0) is 37.5. The van der Waals surface area contributed by atoms with Crippen molar-refractivity contribution in [1.29, 1.82) is 0 Å². The molecule has 0 atom stereocenters. The van der Waals surface area contributed by atoms with E-state index in [1.165, 1.54) is 10.8 Å². The van der Waals surface area contributed by atoms with E-state index in [0.717, 1.165) is 77.0 Å². The maximum atomic E-state index is 5.41. The zero-order valence-electron chi connectivity index (χ0n) is 30.7. The van der Waals surface area contributed by atoms with Crippen molar-refractivity contribution in [2.24, 2.45) is 0 Å². The minimum absolute atomic E-state index is 0.553. The lowest BCUT2D eigenvalue weighted by Gasteiger charge is -2.13. The van der Waals surface area contributed by atoms with Crippen molar-refractivity contribution in [3.63, 3.8) is 0 Å². The predicted molar refractivity (Wildman–Crippen MR) is 234 cm³/mol. The third kappa shape index (κ3) is 4.74. The largest absolute Gasteiger partial charge is 0.309 e. The molecule has 0 unspecified atom stereocenters. The number of nitrogens with zero attached hydrogens (tertiary/aromatic N) is 6. The topological polar surface area (TPSA) is 53.5 Å². The molecule has 8 aromatic carbocycles. The van der Waals surface area contributed by atoms with Gasteiger partial charge in [-0.15, -0.1) is 0 Å². The van der Waals surface area contributed by atoms with Crippen LogP contribution < -0.4 is 0 Å². The van der Waals surface area contributed by atoms with E-state index in [4.69, 9.17) is 15.0 Å². The van der Waals surface area contributed by atoms with Crippen LogP contribution in [0.2, 0.25) is 0 Å². The lowest BCUT2D eigenvalue weighted by molar-refractivity contribution is 0.893. The second-order valence-electron chi connectivity index (χ2n) is 14.5. The van der Waals surface area contributed by atoms with Gasteiger partial charge >= 0.3 is 0 Å². The van der Waals surface area contributed by atoms with Gasteiger partial charge in [0.1, 0.15) is 0 Å². The molecule has 12 aromatic rings. The monoisotopic (exact) mass is 728 g/mol. The highest BCUT2D eigenvalue weighted by atomic mass is 15.3. The summed E-state index contributed by atoms with van der Waals surface area (Å²) in [5.41, 5.74) is 10.8. The van der Waals surface area contributed by atoms with Gasteiger partial charge < -0.3 is 4.57 Å². The molecular formula is C51H32N6. The second kappa shape index (κ2) is 12.3. The van der Waals surface area contributed by atoms with Crippen LogP contribution in [0.5, 0.6) is 0 Å². The van der Waals surface area contributed by atoms with Crippen molar-refractivity contribution in [2.45, 2.75) is 0 Å². The van der Waals surface area contributed by atoms with Crippen LogP contribution in [-0.2, 0) is 0 Å². The summed E-state index contributed by atoms with van der Waals surface area (Å²) in [4.78, 5) is 16.0. The van der Waals surface area contributed by atoms with Gasteiger partial charge in [0.2, 0.25) is 11.9 Å². The fraction of sp³-hybridized carbons (Fsp3) is 0. The maximum absolute atomic E-state index is 5.41. The molecular weight excluding hydrogens is 697 g/mol. The third-order valence-corrected chi connectivity index (χ3v) is 11.3. The summed E-state index contributed by atoms with van der Waals surface area (Å²) in [5.74, 6) is 1.71. The number of para-hydroxylation sites is 5. The summed E-state index contributed by atoms with van der Waals surface area (Å²) in [7, 11) is 0. The Kier molecular flexibility index (Phi) is 6.83. The minimum Gasteiger partial charge on any atom is -0.309 e. The average molecular weight is 729 g/mol. The van der Waals surface area contributed by atoms with E-state index >= 15 is 0 Å². The molecule has 6 nitrogen and oxygen atoms in total. The second-order valence-corrected chi connectivity index (χ2v) is 14.5. The van der Waals surface area contributed by atoms with Crippen LogP contribution in [0.25, 0.3) is 106 Å². The van der Waals surface area contributed by atoms with Crippen LogP contribution in [0.15, 0.2) is 194 Å². The predicted octanol–water partition coefficient (Wildman–Crippen LogP) is 12.5. The zero-order valence-corrected chi connectivity index (χ0v) is 30.7. The standard InChI is InChI=1S/C51H32N6/c1-3-15-33(16-4-1)34-27-29-35(30-28-34)49-52-50(56-43-24-12-7-19-37(43)38-20-8-13-25-44(38)56)54-51(53-49)57-45-26-14-10-22-41(45)47-46(57)32-31-40-39-21-9-11-23-42(39)55(48(40)47)36-17-5-2-6-18-36/h1-32H. The van der Waals surface area contributed by atoms with Gasteiger partial charge in [-0.3, -0.25) is 9.13 Å². The molecule has 0 fully saturated rings. The molecule has 0 aliphatic rings. The summed E-state index contributed by atoms with van der Waals surface area (Å²) in [5, 5.41) is 6.99. The van der Waals surface area contributed by atoms with Crippen molar-refractivity contribution in [1.82, 2.24) is 28.7 Å². The van der Waals surface area contributed by atoms with E-state index in [-0.39, 0.29) is 0 Å². The van der Waals surface area contributed by atoms with Gasteiger partial charge in [-0.05, 0) is 53.6 Å². The van der Waals surface area contributed by atoms with E-state index in [1.54, 1.807) is 0 Å². The molecule has 0 saturated heterocycles. The van der Waals surface area contributed by atoms with Gasteiger partial charge in [0.25, 0.3) is 0 Å². The number of hydrogen-bond donors (Lipinski definition) is 0. The molecule has 0 radical (unpaired) electrons. The Morgan fingerprint density at radius 2 is 0.719 bits per heavy atom. The molecule has 0 amide bonds. The molecule has 6 heteroatoms. The smallest absolute Gasteiger partial charge is 0.240 e. The van der Waals surface area contributed by atoms with Gasteiger partial charge in [0, 0.05) is 43.6 Å². The first-order valence-electron chi connectivity index (χ1n) is 19.2. The first kappa shape index (κ1) is 31.5. The number of benzene rings is 8.